The van der Waals surface area contributed by atoms with E-state index < -0.39 is 5.97 Å². The number of carbonyl (C=O) groups excluding carboxylic acids is 1. The minimum atomic E-state index is -0.795. The largest absolute Gasteiger partial charge is 0.457 e. The molecule has 8 heteroatoms. The van der Waals surface area contributed by atoms with Gasteiger partial charge in [0, 0.05) is 18.4 Å². The molecule has 0 fully saturated rings. The standard InChI is InChI=1S/C19H19N3O4S/c1-3-8-26-19(25)15(10-20)18-22(4-2)17(24)16(27-18)11-21-14-7-5-6-13(9-14)12-23/h3,5-7,9,11,21,23H,1,4,8,12H2,2H3. The zero-order chi connectivity index (χ0) is 19.8. The van der Waals surface area contributed by atoms with E-state index in [1.807, 2.05) is 6.07 Å². The molecule has 0 radical (unpaired) electrons. The highest BCUT2D eigenvalue weighted by Crippen LogP contribution is 2.10. The molecule has 0 saturated heterocycles. The number of carbonyl (C=O) groups is 1. The summed E-state index contributed by atoms with van der Waals surface area (Å²) in [7, 11) is 0. The number of thiazole rings is 1. The predicted molar refractivity (Wildman–Crippen MR) is 104 cm³/mol. The first-order valence-electron chi connectivity index (χ1n) is 8.14. The molecule has 0 aliphatic heterocycles. The summed E-state index contributed by atoms with van der Waals surface area (Å²) in [4.78, 5) is 24.7. The summed E-state index contributed by atoms with van der Waals surface area (Å²) in [6.45, 7) is 5.41. The van der Waals surface area contributed by atoms with Crippen molar-refractivity contribution in [3.8, 4) is 6.07 Å². The van der Waals surface area contributed by atoms with Crippen molar-refractivity contribution in [3.63, 3.8) is 0 Å². The second kappa shape index (κ2) is 9.52. The Bertz CT molecular complexity index is 1060. The number of hydrogen-bond donors (Lipinski definition) is 2. The summed E-state index contributed by atoms with van der Waals surface area (Å²) in [6.07, 6.45) is 2.92. The molecule has 1 aromatic heterocycles. The van der Waals surface area contributed by atoms with Crippen molar-refractivity contribution < 1.29 is 14.6 Å². The molecule has 0 aliphatic carbocycles. The molecule has 140 valence electrons. The number of nitriles is 1. The van der Waals surface area contributed by atoms with Crippen molar-refractivity contribution in [3.05, 3.63) is 62.0 Å². The molecule has 0 saturated carbocycles. The Morgan fingerprint density at radius 2 is 2.30 bits per heavy atom. The lowest BCUT2D eigenvalue weighted by Gasteiger charge is -2.01. The Hall–Kier alpha value is -3.15. The van der Waals surface area contributed by atoms with Crippen LogP contribution in [0.3, 0.4) is 0 Å². The predicted octanol–water partition coefficient (Wildman–Crippen LogP) is 0.676. The van der Waals surface area contributed by atoms with Gasteiger partial charge in [-0.2, -0.15) is 5.26 Å². The molecule has 0 amide bonds. The monoisotopic (exact) mass is 385 g/mol. The number of nitrogens with zero attached hydrogens (tertiary/aromatic N) is 2. The van der Waals surface area contributed by atoms with Crippen LogP contribution in [0.15, 0.2) is 41.7 Å². The van der Waals surface area contributed by atoms with Crippen molar-refractivity contribution in [1.82, 2.24) is 4.57 Å². The summed E-state index contributed by atoms with van der Waals surface area (Å²) in [6, 6.07) is 8.93. The summed E-state index contributed by atoms with van der Waals surface area (Å²) in [5.41, 5.74) is 0.903. The number of benzene rings is 1. The van der Waals surface area contributed by atoms with Crippen molar-refractivity contribution in [2.45, 2.75) is 20.1 Å². The number of esters is 1. The molecule has 0 unspecified atom stereocenters. The van der Waals surface area contributed by atoms with Gasteiger partial charge in [-0.3, -0.25) is 9.36 Å². The summed E-state index contributed by atoms with van der Waals surface area (Å²) < 4.78 is 6.87. The average Bonchev–Trinajstić information content (AvgIpc) is 3.00. The summed E-state index contributed by atoms with van der Waals surface area (Å²) >= 11 is 1.03. The van der Waals surface area contributed by atoms with Crippen LogP contribution < -0.4 is 20.1 Å². The first kappa shape index (κ1) is 20.2. The highest BCUT2D eigenvalue weighted by atomic mass is 32.1. The summed E-state index contributed by atoms with van der Waals surface area (Å²) in [5.74, 6) is -0.795. The molecule has 0 bridgehead atoms. The van der Waals surface area contributed by atoms with Crippen LogP contribution in [-0.2, 0) is 22.7 Å². The maximum Gasteiger partial charge on any atom is 0.352 e. The number of hydrogen-bond acceptors (Lipinski definition) is 7. The molecule has 7 nitrogen and oxygen atoms in total. The van der Waals surface area contributed by atoms with Crippen LogP contribution in [0.5, 0.6) is 0 Å². The van der Waals surface area contributed by atoms with E-state index in [0.29, 0.717) is 16.8 Å². The van der Waals surface area contributed by atoms with Gasteiger partial charge in [0.15, 0.2) is 5.57 Å². The second-order valence-electron chi connectivity index (χ2n) is 5.34. The fraction of sp³-hybridized carbons (Fsp3) is 0.211. The van der Waals surface area contributed by atoms with Gasteiger partial charge in [0.05, 0.1) is 6.61 Å². The molecule has 2 rings (SSSR count). The molecule has 1 heterocycles. The number of aromatic nitrogens is 1. The van der Waals surface area contributed by atoms with Gasteiger partial charge in [-0.15, -0.1) is 11.3 Å². The van der Waals surface area contributed by atoms with E-state index in [-0.39, 0.29) is 29.0 Å². The van der Waals surface area contributed by atoms with Crippen LogP contribution in [0.2, 0.25) is 0 Å². The van der Waals surface area contributed by atoms with Crippen LogP contribution >= 0.6 is 11.3 Å². The molecular weight excluding hydrogens is 366 g/mol. The average molecular weight is 385 g/mol. The van der Waals surface area contributed by atoms with Gasteiger partial charge in [-0.1, -0.05) is 24.8 Å². The number of nitrogens with one attached hydrogen (secondary N) is 1. The first-order valence-corrected chi connectivity index (χ1v) is 8.95. The van der Waals surface area contributed by atoms with E-state index in [1.165, 1.54) is 16.8 Å². The van der Waals surface area contributed by atoms with Gasteiger partial charge in [0.2, 0.25) is 0 Å². The van der Waals surface area contributed by atoms with Crippen LogP contribution in [0.4, 0.5) is 5.69 Å². The van der Waals surface area contributed by atoms with Crippen LogP contribution in [0.25, 0.3) is 11.8 Å². The fourth-order valence-electron chi connectivity index (χ4n) is 2.29. The van der Waals surface area contributed by atoms with Crippen LogP contribution in [0.1, 0.15) is 12.5 Å². The van der Waals surface area contributed by atoms with Crippen molar-refractivity contribution >= 4 is 34.8 Å². The van der Waals surface area contributed by atoms with Gasteiger partial charge in [-0.05, 0) is 24.6 Å². The van der Waals surface area contributed by atoms with E-state index in [0.717, 1.165) is 16.9 Å². The topological polar surface area (TPSA) is 104 Å². The maximum atomic E-state index is 12.6. The van der Waals surface area contributed by atoms with E-state index in [9.17, 15) is 20.0 Å². The Labute approximate surface area is 159 Å². The highest BCUT2D eigenvalue weighted by Gasteiger charge is 2.16. The lowest BCUT2D eigenvalue weighted by Crippen LogP contribution is -2.32. The van der Waals surface area contributed by atoms with E-state index in [2.05, 4.69) is 11.9 Å². The number of ether oxygens (including phenoxy) is 1. The van der Waals surface area contributed by atoms with Gasteiger partial charge in [0.25, 0.3) is 5.56 Å². The zero-order valence-electron chi connectivity index (χ0n) is 14.8. The molecule has 0 spiro atoms. The van der Waals surface area contributed by atoms with Crippen LogP contribution in [0, 0.1) is 11.3 Å². The third kappa shape index (κ3) is 4.73. The van der Waals surface area contributed by atoms with Crippen LogP contribution in [-0.4, -0.2) is 22.2 Å². The van der Waals surface area contributed by atoms with Crippen molar-refractivity contribution in [2.75, 3.05) is 11.9 Å². The minimum Gasteiger partial charge on any atom is -0.457 e. The third-order valence-corrected chi connectivity index (χ3v) is 4.70. The Morgan fingerprint density at radius 1 is 1.52 bits per heavy atom. The van der Waals surface area contributed by atoms with Gasteiger partial charge < -0.3 is 15.2 Å². The van der Waals surface area contributed by atoms with E-state index in [1.54, 1.807) is 31.2 Å². The highest BCUT2D eigenvalue weighted by molar-refractivity contribution is 7.07. The lowest BCUT2D eigenvalue weighted by molar-refractivity contribution is -0.135. The fourth-order valence-corrected chi connectivity index (χ4v) is 3.37. The lowest BCUT2D eigenvalue weighted by atomic mass is 10.2. The van der Waals surface area contributed by atoms with Crippen molar-refractivity contribution in [2.24, 2.45) is 0 Å². The molecule has 1 aromatic carbocycles. The smallest absolute Gasteiger partial charge is 0.352 e. The molecule has 0 aliphatic rings. The molecule has 27 heavy (non-hydrogen) atoms. The number of aliphatic hydroxyl groups excluding tert-OH is 1. The molecule has 0 atom stereocenters. The SMILES string of the molecule is C=CCOC(=O)C(C#N)=c1sc(=CNc2cccc(CO)c2)c(=O)n1CC. The first-order chi connectivity index (χ1) is 13.0. The van der Waals surface area contributed by atoms with E-state index in [4.69, 9.17) is 4.74 Å². The Morgan fingerprint density at radius 3 is 2.93 bits per heavy atom. The third-order valence-electron chi connectivity index (χ3n) is 3.57. The van der Waals surface area contributed by atoms with Gasteiger partial charge >= 0.3 is 5.97 Å². The molecular formula is C19H19N3O4S. The van der Waals surface area contributed by atoms with Gasteiger partial charge in [-0.25, -0.2) is 4.79 Å². The Balaban J connectivity index is 2.52. The molecule has 2 N–H and O–H groups in total. The molecule has 2 aromatic rings. The summed E-state index contributed by atoms with van der Waals surface area (Å²) in [5, 5.41) is 21.6. The quantitative estimate of drug-likeness (QED) is 0.536. The number of rotatable bonds is 7. The number of aliphatic hydroxyl groups is 1. The van der Waals surface area contributed by atoms with E-state index >= 15 is 0 Å². The van der Waals surface area contributed by atoms with Crippen molar-refractivity contribution in [1.29, 1.82) is 5.26 Å². The Kier molecular flexibility index (Phi) is 7.11. The second-order valence-corrected chi connectivity index (χ2v) is 6.37. The number of anilines is 1. The van der Waals surface area contributed by atoms with Gasteiger partial charge in [0.1, 0.15) is 21.9 Å². The minimum absolute atomic E-state index is 0.0204. The normalized spacial score (nSPS) is 12.3. The maximum absolute atomic E-state index is 12.6. The zero-order valence-corrected chi connectivity index (χ0v) is 15.6.